The zero-order valence-electron chi connectivity index (χ0n) is 9.67. The highest BCUT2D eigenvalue weighted by molar-refractivity contribution is 5.80. The molecule has 0 aliphatic heterocycles. The Bertz CT molecular complexity index is 423. The number of carbonyl (C=O) groups excluding carboxylic acids is 1. The number of ether oxygens (including phenoxy) is 1. The van der Waals surface area contributed by atoms with Gasteiger partial charge in [-0.1, -0.05) is 12.1 Å². The normalized spacial score (nSPS) is 20.2. The lowest BCUT2D eigenvalue weighted by Crippen LogP contribution is -2.17. The quantitative estimate of drug-likeness (QED) is 0.829. The third kappa shape index (κ3) is 3.75. The van der Waals surface area contributed by atoms with Gasteiger partial charge in [-0.2, -0.15) is 0 Å². The van der Waals surface area contributed by atoms with Crippen LogP contribution >= 0.6 is 0 Å². The molecule has 1 aromatic rings. The van der Waals surface area contributed by atoms with Crippen LogP contribution < -0.4 is 4.74 Å². The van der Waals surface area contributed by atoms with E-state index in [1.165, 1.54) is 12.1 Å². The summed E-state index contributed by atoms with van der Waals surface area (Å²) in [4.78, 5) is 11.1. The highest BCUT2D eigenvalue weighted by Gasteiger charge is 2.31. The van der Waals surface area contributed by atoms with E-state index in [9.17, 15) is 18.0 Å². The van der Waals surface area contributed by atoms with E-state index in [-0.39, 0.29) is 11.5 Å². The van der Waals surface area contributed by atoms with Crippen LogP contribution in [0.5, 0.6) is 5.75 Å². The maximum atomic E-state index is 12.0. The maximum absolute atomic E-state index is 12.0. The Morgan fingerprint density at radius 1 is 1.22 bits per heavy atom. The number of halogens is 3. The Morgan fingerprint density at radius 2 is 1.89 bits per heavy atom. The maximum Gasteiger partial charge on any atom is 0.573 e. The second-order valence-electron chi connectivity index (χ2n) is 4.54. The molecule has 2 rings (SSSR count). The van der Waals surface area contributed by atoms with Crippen molar-refractivity contribution < 1.29 is 22.7 Å². The Kier molecular flexibility index (Phi) is 3.59. The summed E-state index contributed by atoms with van der Waals surface area (Å²) < 4.78 is 39.6. The second-order valence-corrected chi connectivity index (χ2v) is 4.54. The number of ketones is 1. The van der Waals surface area contributed by atoms with Crippen molar-refractivity contribution in [2.45, 2.75) is 32.0 Å². The molecular formula is C13H13F3O2. The monoisotopic (exact) mass is 258 g/mol. The molecule has 1 aromatic carbocycles. The molecule has 2 nitrogen and oxygen atoms in total. The zero-order chi connectivity index (χ0) is 13.2. The van der Waals surface area contributed by atoms with Crippen LogP contribution in [0.3, 0.4) is 0 Å². The molecular weight excluding hydrogens is 245 g/mol. The summed E-state index contributed by atoms with van der Waals surface area (Å²) in [5.41, 5.74) is 0.934. The molecule has 0 amide bonds. The molecule has 1 unspecified atom stereocenters. The van der Waals surface area contributed by atoms with Crippen molar-refractivity contribution in [1.29, 1.82) is 0 Å². The first-order valence-corrected chi connectivity index (χ1v) is 5.79. The number of carbonyl (C=O) groups is 1. The summed E-state index contributed by atoms with van der Waals surface area (Å²) in [6, 6.07) is 5.84. The van der Waals surface area contributed by atoms with Crippen molar-refractivity contribution in [2.24, 2.45) is 5.92 Å². The fourth-order valence-electron chi connectivity index (χ4n) is 2.23. The number of hydrogen-bond acceptors (Lipinski definition) is 2. The molecule has 0 aromatic heterocycles. The van der Waals surface area contributed by atoms with Gasteiger partial charge in [0.1, 0.15) is 11.5 Å². The minimum absolute atomic E-state index is 0.214. The minimum atomic E-state index is -4.65. The fraction of sp³-hybridized carbons (Fsp3) is 0.462. The van der Waals surface area contributed by atoms with Gasteiger partial charge in [-0.15, -0.1) is 13.2 Å². The van der Waals surface area contributed by atoms with E-state index in [0.717, 1.165) is 18.4 Å². The summed E-state index contributed by atoms with van der Waals surface area (Å²) in [5.74, 6) is 0.387. The van der Waals surface area contributed by atoms with Crippen molar-refractivity contribution >= 4 is 5.78 Å². The molecule has 1 saturated carbocycles. The van der Waals surface area contributed by atoms with Gasteiger partial charge in [0.25, 0.3) is 0 Å². The topological polar surface area (TPSA) is 26.3 Å². The van der Waals surface area contributed by atoms with Crippen molar-refractivity contribution in [1.82, 2.24) is 0 Å². The predicted octanol–water partition coefficient (Wildman–Crippen LogP) is 3.50. The van der Waals surface area contributed by atoms with Crippen LogP contribution in [0, 0.1) is 5.92 Å². The number of rotatable bonds is 3. The molecule has 0 radical (unpaired) electrons. The molecule has 18 heavy (non-hydrogen) atoms. The first-order chi connectivity index (χ1) is 8.42. The highest BCUT2D eigenvalue weighted by atomic mass is 19.4. The molecule has 1 aliphatic rings. The first kappa shape index (κ1) is 12.9. The number of alkyl halides is 3. The fourth-order valence-corrected chi connectivity index (χ4v) is 2.23. The van der Waals surface area contributed by atoms with Crippen LogP contribution in [0.25, 0.3) is 0 Å². The lowest BCUT2D eigenvalue weighted by atomic mass is 9.98. The molecule has 1 aliphatic carbocycles. The standard InChI is InChI=1S/C13H13F3O2/c14-13(15,16)18-12-5-2-9(3-6-12)7-10-1-4-11(17)8-10/h2-3,5-6,10H,1,4,7-8H2. The van der Waals surface area contributed by atoms with Gasteiger partial charge in [0.2, 0.25) is 0 Å². The van der Waals surface area contributed by atoms with Crippen molar-refractivity contribution in [3.63, 3.8) is 0 Å². The van der Waals surface area contributed by atoms with E-state index in [4.69, 9.17) is 0 Å². The first-order valence-electron chi connectivity index (χ1n) is 5.79. The van der Waals surface area contributed by atoms with Gasteiger partial charge in [0.15, 0.2) is 0 Å². The Hall–Kier alpha value is -1.52. The van der Waals surface area contributed by atoms with Gasteiger partial charge in [0, 0.05) is 12.8 Å². The Balaban J connectivity index is 1.93. The molecule has 0 N–H and O–H groups in total. The number of hydrogen-bond donors (Lipinski definition) is 0. The predicted molar refractivity (Wildman–Crippen MR) is 59.2 cm³/mol. The summed E-state index contributed by atoms with van der Waals surface area (Å²) in [5, 5.41) is 0. The van der Waals surface area contributed by atoms with Gasteiger partial charge in [-0.3, -0.25) is 4.79 Å². The molecule has 0 bridgehead atoms. The minimum Gasteiger partial charge on any atom is -0.406 e. The molecule has 98 valence electrons. The number of benzene rings is 1. The Labute approximate surface area is 103 Å². The largest absolute Gasteiger partial charge is 0.573 e. The van der Waals surface area contributed by atoms with Crippen LogP contribution in [-0.4, -0.2) is 12.1 Å². The summed E-state index contributed by atoms with van der Waals surface area (Å²) in [7, 11) is 0. The van der Waals surface area contributed by atoms with E-state index in [0.29, 0.717) is 18.8 Å². The van der Waals surface area contributed by atoms with Gasteiger partial charge >= 0.3 is 6.36 Å². The SMILES string of the molecule is O=C1CCC(Cc2ccc(OC(F)(F)F)cc2)C1. The summed E-state index contributed by atoms with van der Waals surface area (Å²) in [6.07, 6.45) is -1.84. The van der Waals surface area contributed by atoms with Gasteiger partial charge in [-0.05, 0) is 36.5 Å². The van der Waals surface area contributed by atoms with Crippen LogP contribution in [-0.2, 0) is 11.2 Å². The van der Waals surface area contributed by atoms with E-state index >= 15 is 0 Å². The van der Waals surface area contributed by atoms with Crippen LogP contribution in [0.2, 0.25) is 0 Å². The van der Waals surface area contributed by atoms with E-state index in [1.807, 2.05) is 0 Å². The molecule has 0 saturated heterocycles. The lowest BCUT2D eigenvalue weighted by molar-refractivity contribution is -0.274. The average Bonchev–Trinajstić information content (AvgIpc) is 2.65. The summed E-state index contributed by atoms with van der Waals surface area (Å²) in [6.45, 7) is 0. The Morgan fingerprint density at radius 3 is 2.39 bits per heavy atom. The van der Waals surface area contributed by atoms with Crippen molar-refractivity contribution in [3.05, 3.63) is 29.8 Å². The molecule has 1 atom stereocenters. The van der Waals surface area contributed by atoms with Crippen molar-refractivity contribution in [2.75, 3.05) is 0 Å². The van der Waals surface area contributed by atoms with E-state index < -0.39 is 6.36 Å². The second kappa shape index (κ2) is 5.00. The van der Waals surface area contributed by atoms with E-state index in [1.54, 1.807) is 12.1 Å². The van der Waals surface area contributed by atoms with Gasteiger partial charge in [-0.25, -0.2) is 0 Å². The van der Waals surface area contributed by atoms with Crippen LogP contribution in [0.1, 0.15) is 24.8 Å². The number of Topliss-reactive ketones (excluding diaryl/α,β-unsaturated/α-hetero) is 1. The third-order valence-corrected chi connectivity index (χ3v) is 3.03. The lowest BCUT2D eigenvalue weighted by Gasteiger charge is -2.11. The van der Waals surface area contributed by atoms with Crippen LogP contribution in [0.15, 0.2) is 24.3 Å². The molecule has 5 heteroatoms. The average molecular weight is 258 g/mol. The molecule has 0 heterocycles. The third-order valence-electron chi connectivity index (χ3n) is 3.03. The zero-order valence-corrected chi connectivity index (χ0v) is 9.67. The van der Waals surface area contributed by atoms with Crippen molar-refractivity contribution in [3.8, 4) is 5.75 Å². The smallest absolute Gasteiger partial charge is 0.406 e. The van der Waals surface area contributed by atoms with E-state index in [2.05, 4.69) is 4.74 Å². The summed E-state index contributed by atoms with van der Waals surface area (Å²) >= 11 is 0. The van der Waals surface area contributed by atoms with Crippen LogP contribution in [0.4, 0.5) is 13.2 Å². The van der Waals surface area contributed by atoms with Gasteiger partial charge < -0.3 is 4.74 Å². The highest BCUT2D eigenvalue weighted by Crippen LogP contribution is 2.27. The molecule has 0 spiro atoms. The van der Waals surface area contributed by atoms with Gasteiger partial charge in [0.05, 0.1) is 0 Å². The molecule has 1 fully saturated rings.